The highest BCUT2D eigenvalue weighted by atomic mass is 16.5. The van der Waals surface area contributed by atoms with Crippen molar-refractivity contribution in [3.63, 3.8) is 0 Å². The SMILES string of the molecule is CC.CCOC(=O)NC(C(C)=O)C(C)C. The monoisotopic (exact) mass is 217 g/mol. The van der Waals surface area contributed by atoms with E-state index in [1.54, 1.807) is 6.92 Å². The summed E-state index contributed by atoms with van der Waals surface area (Å²) < 4.78 is 4.67. The summed E-state index contributed by atoms with van der Waals surface area (Å²) in [6.07, 6.45) is -0.531. The van der Waals surface area contributed by atoms with E-state index in [-0.39, 0.29) is 11.7 Å². The van der Waals surface area contributed by atoms with Crippen LogP contribution in [0.15, 0.2) is 0 Å². The summed E-state index contributed by atoms with van der Waals surface area (Å²) in [5.41, 5.74) is 0. The van der Waals surface area contributed by atoms with E-state index >= 15 is 0 Å². The molecule has 0 aliphatic carbocycles. The van der Waals surface area contributed by atoms with Gasteiger partial charge >= 0.3 is 6.09 Å². The molecule has 1 N–H and O–H groups in total. The maximum atomic E-state index is 11.1. The van der Waals surface area contributed by atoms with Gasteiger partial charge in [0.1, 0.15) is 0 Å². The van der Waals surface area contributed by atoms with E-state index in [2.05, 4.69) is 10.1 Å². The highest BCUT2D eigenvalue weighted by molar-refractivity contribution is 5.85. The van der Waals surface area contributed by atoms with Crippen LogP contribution in [-0.2, 0) is 9.53 Å². The molecule has 0 fully saturated rings. The lowest BCUT2D eigenvalue weighted by atomic mass is 10.0. The van der Waals surface area contributed by atoms with Crippen molar-refractivity contribution in [2.24, 2.45) is 5.92 Å². The zero-order chi connectivity index (χ0) is 12.4. The predicted octanol–water partition coefficient (Wildman–Crippen LogP) is 2.37. The first-order chi connectivity index (χ1) is 6.99. The summed E-state index contributed by atoms with van der Waals surface area (Å²) in [5, 5.41) is 2.51. The summed E-state index contributed by atoms with van der Waals surface area (Å²) >= 11 is 0. The highest BCUT2D eigenvalue weighted by Gasteiger charge is 2.20. The van der Waals surface area contributed by atoms with Crippen LogP contribution in [0.5, 0.6) is 0 Å². The van der Waals surface area contributed by atoms with Gasteiger partial charge in [0.2, 0.25) is 0 Å². The number of amides is 1. The third-order valence-corrected chi connectivity index (χ3v) is 1.65. The van der Waals surface area contributed by atoms with Crippen LogP contribution in [0.1, 0.15) is 41.5 Å². The van der Waals surface area contributed by atoms with Gasteiger partial charge in [-0.15, -0.1) is 0 Å². The third kappa shape index (κ3) is 7.97. The Balaban J connectivity index is 0. The average molecular weight is 217 g/mol. The van der Waals surface area contributed by atoms with Crippen LogP contribution in [0.4, 0.5) is 4.79 Å². The Labute approximate surface area is 92.4 Å². The first-order valence-electron chi connectivity index (χ1n) is 5.42. The molecule has 0 aromatic carbocycles. The predicted molar refractivity (Wildman–Crippen MR) is 60.8 cm³/mol. The number of ketones is 1. The lowest BCUT2D eigenvalue weighted by Gasteiger charge is -2.18. The number of rotatable bonds is 4. The van der Waals surface area contributed by atoms with E-state index in [0.717, 1.165) is 0 Å². The quantitative estimate of drug-likeness (QED) is 0.786. The van der Waals surface area contributed by atoms with E-state index < -0.39 is 12.1 Å². The van der Waals surface area contributed by atoms with Gasteiger partial charge in [-0.1, -0.05) is 27.7 Å². The molecular weight excluding hydrogens is 194 g/mol. The standard InChI is InChI=1S/C9H17NO3.C2H6/c1-5-13-9(12)10-8(6(2)3)7(4)11;1-2/h6,8H,5H2,1-4H3,(H,10,12);1-2H3. The largest absolute Gasteiger partial charge is 0.450 e. The van der Waals surface area contributed by atoms with Crippen molar-refractivity contribution in [2.45, 2.75) is 47.6 Å². The van der Waals surface area contributed by atoms with Crippen molar-refractivity contribution in [3.05, 3.63) is 0 Å². The van der Waals surface area contributed by atoms with E-state index in [1.807, 2.05) is 27.7 Å². The molecule has 0 rings (SSSR count). The Morgan fingerprint density at radius 2 is 1.73 bits per heavy atom. The number of nitrogens with one attached hydrogen (secondary N) is 1. The van der Waals surface area contributed by atoms with Crippen LogP contribution in [0.3, 0.4) is 0 Å². The maximum Gasteiger partial charge on any atom is 0.407 e. The van der Waals surface area contributed by atoms with E-state index in [1.165, 1.54) is 6.92 Å². The number of ether oxygens (including phenoxy) is 1. The molecule has 0 aromatic rings. The molecule has 1 amide bonds. The normalized spacial score (nSPS) is 11.1. The molecule has 0 saturated carbocycles. The van der Waals surface area contributed by atoms with Crippen molar-refractivity contribution in [1.82, 2.24) is 5.32 Å². The second-order valence-electron chi connectivity index (χ2n) is 3.20. The molecule has 4 nitrogen and oxygen atoms in total. The molecule has 0 heterocycles. The van der Waals surface area contributed by atoms with E-state index in [9.17, 15) is 9.59 Å². The van der Waals surface area contributed by atoms with Crippen molar-refractivity contribution >= 4 is 11.9 Å². The summed E-state index contributed by atoms with van der Waals surface area (Å²) in [7, 11) is 0. The highest BCUT2D eigenvalue weighted by Crippen LogP contribution is 2.02. The lowest BCUT2D eigenvalue weighted by molar-refractivity contribution is -0.119. The minimum Gasteiger partial charge on any atom is -0.450 e. The van der Waals surface area contributed by atoms with Gasteiger partial charge in [-0.3, -0.25) is 4.79 Å². The fraction of sp³-hybridized carbons (Fsp3) is 0.818. The molecule has 15 heavy (non-hydrogen) atoms. The Morgan fingerprint density at radius 1 is 1.27 bits per heavy atom. The van der Waals surface area contributed by atoms with Crippen LogP contribution < -0.4 is 5.32 Å². The summed E-state index contributed by atoms with van der Waals surface area (Å²) in [5.74, 6) is 0.0324. The fourth-order valence-corrected chi connectivity index (χ4v) is 1.04. The molecule has 0 aliphatic heterocycles. The number of hydrogen-bond acceptors (Lipinski definition) is 3. The van der Waals surface area contributed by atoms with Crippen molar-refractivity contribution in [2.75, 3.05) is 6.61 Å². The van der Waals surface area contributed by atoms with Crippen LogP contribution in [0.2, 0.25) is 0 Å². The molecule has 0 aromatic heterocycles. The second kappa shape index (κ2) is 9.49. The van der Waals surface area contributed by atoms with E-state index in [4.69, 9.17) is 0 Å². The number of carbonyl (C=O) groups is 2. The van der Waals surface area contributed by atoms with Gasteiger partial charge in [0.25, 0.3) is 0 Å². The molecular formula is C11H23NO3. The van der Waals surface area contributed by atoms with Crippen LogP contribution in [0.25, 0.3) is 0 Å². The molecule has 0 aliphatic rings. The van der Waals surface area contributed by atoms with E-state index in [0.29, 0.717) is 6.61 Å². The third-order valence-electron chi connectivity index (χ3n) is 1.65. The molecule has 0 spiro atoms. The summed E-state index contributed by atoms with van der Waals surface area (Å²) in [6.45, 7) is 11.2. The molecule has 90 valence electrons. The maximum absolute atomic E-state index is 11.1. The first kappa shape index (κ1) is 16.4. The fourth-order valence-electron chi connectivity index (χ4n) is 1.04. The minimum atomic E-state index is -0.531. The van der Waals surface area contributed by atoms with Gasteiger partial charge in [0.05, 0.1) is 12.6 Å². The minimum absolute atomic E-state index is 0.0527. The van der Waals surface area contributed by atoms with Gasteiger partial charge < -0.3 is 10.1 Å². The van der Waals surface area contributed by atoms with Crippen molar-refractivity contribution in [1.29, 1.82) is 0 Å². The Kier molecular flexibility index (Phi) is 10.4. The van der Waals surface area contributed by atoms with Gasteiger partial charge in [-0.05, 0) is 19.8 Å². The first-order valence-corrected chi connectivity index (χ1v) is 5.42. The van der Waals surface area contributed by atoms with Crippen LogP contribution in [0, 0.1) is 5.92 Å². The Morgan fingerprint density at radius 3 is 2.00 bits per heavy atom. The molecule has 0 radical (unpaired) electrons. The zero-order valence-corrected chi connectivity index (χ0v) is 10.6. The number of alkyl carbamates (subject to hydrolysis) is 1. The number of hydrogen-bond donors (Lipinski definition) is 1. The van der Waals surface area contributed by atoms with Crippen molar-refractivity contribution < 1.29 is 14.3 Å². The molecule has 1 atom stereocenters. The molecule has 0 saturated heterocycles. The van der Waals surface area contributed by atoms with Gasteiger partial charge in [-0.2, -0.15) is 0 Å². The smallest absolute Gasteiger partial charge is 0.407 e. The Bertz CT molecular complexity index is 190. The molecule has 0 bridgehead atoms. The topological polar surface area (TPSA) is 55.4 Å². The second-order valence-corrected chi connectivity index (χ2v) is 3.20. The summed E-state index contributed by atoms with van der Waals surface area (Å²) in [4.78, 5) is 22.0. The number of Topliss-reactive ketones (excluding diaryl/α,β-unsaturated/α-hetero) is 1. The van der Waals surface area contributed by atoms with Crippen LogP contribution in [-0.4, -0.2) is 24.5 Å². The van der Waals surface area contributed by atoms with Crippen LogP contribution >= 0.6 is 0 Å². The average Bonchev–Trinajstić information content (AvgIpc) is 2.17. The number of carbonyl (C=O) groups excluding carboxylic acids is 2. The summed E-state index contributed by atoms with van der Waals surface area (Å²) in [6, 6.07) is -0.445. The van der Waals surface area contributed by atoms with Gasteiger partial charge in [-0.25, -0.2) is 4.79 Å². The zero-order valence-electron chi connectivity index (χ0n) is 10.6. The van der Waals surface area contributed by atoms with Gasteiger partial charge in [0.15, 0.2) is 5.78 Å². The Hall–Kier alpha value is -1.06. The molecule has 4 heteroatoms. The lowest BCUT2D eigenvalue weighted by Crippen LogP contribution is -2.43. The van der Waals surface area contributed by atoms with Crippen molar-refractivity contribution in [3.8, 4) is 0 Å². The van der Waals surface area contributed by atoms with Gasteiger partial charge in [0, 0.05) is 0 Å². The molecule has 1 unspecified atom stereocenters.